The van der Waals surface area contributed by atoms with Crippen molar-refractivity contribution in [1.29, 1.82) is 0 Å². The average molecular weight is 476 g/mol. The molecule has 2 aromatic carbocycles. The zero-order valence-corrected chi connectivity index (χ0v) is 19.8. The first-order valence-corrected chi connectivity index (χ1v) is 10.9. The third-order valence-corrected chi connectivity index (χ3v) is 5.59. The second-order valence-corrected chi connectivity index (χ2v) is 7.66. The van der Waals surface area contributed by atoms with Gasteiger partial charge < -0.3 is 24.2 Å². The molecular formula is C26H25N3O6. The van der Waals surface area contributed by atoms with Crippen LogP contribution in [-0.2, 0) is 19.1 Å². The highest BCUT2D eigenvalue weighted by Crippen LogP contribution is 2.40. The summed E-state index contributed by atoms with van der Waals surface area (Å²) in [6.45, 7) is 3.65. The fraction of sp³-hybridized carbons (Fsp3) is 0.192. The SMILES string of the molecule is CCOC(C)=O.COc1cc2[nH]cc(C3=C(c4c[nH]c5ccccc45)C(=O)NC3=O)c2cc1OC. The zero-order chi connectivity index (χ0) is 25.1. The summed E-state index contributed by atoms with van der Waals surface area (Å²) in [6.07, 6.45) is 3.49. The van der Waals surface area contributed by atoms with Gasteiger partial charge in [-0.1, -0.05) is 18.2 Å². The molecule has 0 saturated carbocycles. The molecule has 35 heavy (non-hydrogen) atoms. The summed E-state index contributed by atoms with van der Waals surface area (Å²) in [5.41, 5.74) is 3.67. The molecule has 180 valence electrons. The highest BCUT2D eigenvalue weighted by molar-refractivity contribution is 6.50. The van der Waals surface area contributed by atoms with Crippen molar-refractivity contribution in [3.05, 3.63) is 59.9 Å². The third kappa shape index (κ3) is 4.35. The van der Waals surface area contributed by atoms with Gasteiger partial charge in [0.2, 0.25) is 0 Å². The maximum Gasteiger partial charge on any atom is 0.302 e. The van der Waals surface area contributed by atoms with Crippen LogP contribution in [0.25, 0.3) is 33.0 Å². The van der Waals surface area contributed by atoms with Gasteiger partial charge in [0, 0.05) is 58.3 Å². The molecule has 9 heteroatoms. The van der Waals surface area contributed by atoms with E-state index in [1.54, 1.807) is 45.7 Å². The molecule has 0 unspecified atom stereocenters. The van der Waals surface area contributed by atoms with Crippen molar-refractivity contribution in [3.63, 3.8) is 0 Å². The number of H-pyrrole nitrogens is 2. The molecule has 0 spiro atoms. The zero-order valence-electron chi connectivity index (χ0n) is 19.8. The van der Waals surface area contributed by atoms with Crippen LogP contribution in [0.15, 0.2) is 48.8 Å². The van der Waals surface area contributed by atoms with Gasteiger partial charge in [0.25, 0.3) is 11.8 Å². The number of fused-ring (bicyclic) bond motifs is 2. The van der Waals surface area contributed by atoms with Crippen LogP contribution in [0, 0.1) is 0 Å². The van der Waals surface area contributed by atoms with E-state index in [2.05, 4.69) is 20.0 Å². The van der Waals surface area contributed by atoms with Crippen LogP contribution in [-0.4, -0.2) is 48.6 Å². The average Bonchev–Trinajstić information content (AvgIpc) is 3.52. The van der Waals surface area contributed by atoms with Gasteiger partial charge in [-0.05, 0) is 19.1 Å². The minimum absolute atomic E-state index is 0.211. The number of esters is 1. The molecule has 5 rings (SSSR count). The summed E-state index contributed by atoms with van der Waals surface area (Å²) in [5.74, 6) is 0.0686. The summed E-state index contributed by atoms with van der Waals surface area (Å²) >= 11 is 0. The molecule has 0 radical (unpaired) electrons. The van der Waals surface area contributed by atoms with Crippen molar-refractivity contribution in [2.24, 2.45) is 0 Å². The van der Waals surface area contributed by atoms with Gasteiger partial charge in [-0.15, -0.1) is 0 Å². The highest BCUT2D eigenvalue weighted by atomic mass is 16.5. The number of hydrogen-bond donors (Lipinski definition) is 3. The summed E-state index contributed by atoms with van der Waals surface area (Å²) < 4.78 is 15.2. The van der Waals surface area contributed by atoms with Gasteiger partial charge in [-0.2, -0.15) is 0 Å². The van der Waals surface area contributed by atoms with Crippen molar-refractivity contribution in [2.75, 3.05) is 20.8 Å². The number of rotatable bonds is 5. The number of carbonyl (C=O) groups excluding carboxylic acids is 3. The van der Waals surface area contributed by atoms with E-state index in [0.29, 0.717) is 40.4 Å². The first-order valence-electron chi connectivity index (χ1n) is 10.9. The Balaban J connectivity index is 0.000000431. The lowest BCUT2D eigenvalue weighted by Gasteiger charge is -2.08. The number of aromatic nitrogens is 2. The number of amides is 2. The largest absolute Gasteiger partial charge is 0.493 e. The number of carbonyl (C=O) groups is 3. The van der Waals surface area contributed by atoms with Crippen molar-refractivity contribution in [2.45, 2.75) is 13.8 Å². The van der Waals surface area contributed by atoms with E-state index in [4.69, 9.17) is 9.47 Å². The predicted molar refractivity (Wildman–Crippen MR) is 132 cm³/mol. The first kappa shape index (κ1) is 23.6. The van der Waals surface area contributed by atoms with Crippen molar-refractivity contribution >= 4 is 50.7 Å². The number of aromatic amines is 2. The fourth-order valence-electron chi connectivity index (χ4n) is 4.11. The van der Waals surface area contributed by atoms with Gasteiger partial charge in [0.15, 0.2) is 11.5 Å². The number of ether oxygens (including phenoxy) is 3. The summed E-state index contributed by atoms with van der Waals surface area (Å²) in [4.78, 5) is 41.7. The number of nitrogens with one attached hydrogen (secondary N) is 3. The first-order chi connectivity index (χ1) is 16.9. The molecule has 0 aliphatic carbocycles. The van der Waals surface area contributed by atoms with E-state index < -0.39 is 11.8 Å². The number of para-hydroxylation sites is 1. The van der Waals surface area contributed by atoms with Crippen molar-refractivity contribution in [1.82, 2.24) is 15.3 Å². The van der Waals surface area contributed by atoms with E-state index >= 15 is 0 Å². The molecule has 3 N–H and O–H groups in total. The lowest BCUT2D eigenvalue weighted by Crippen LogP contribution is -2.22. The van der Waals surface area contributed by atoms with Crippen molar-refractivity contribution in [3.8, 4) is 11.5 Å². The second kappa shape index (κ2) is 9.76. The molecule has 0 fully saturated rings. The summed E-state index contributed by atoms with van der Waals surface area (Å²) in [6, 6.07) is 11.3. The van der Waals surface area contributed by atoms with Crippen LogP contribution in [0.1, 0.15) is 25.0 Å². The van der Waals surface area contributed by atoms with Gasteiger partial charge in [0.05, 0.1) is 32.0 Å². The third-order valence-electron chi connectivity index (χ3n) is 5.59. The maximum absolute atomic E-state index is 12.8. The summed E-state index contributed by atoms with van der Waals surface area (Å²) in [7, 11) is 3.12. The smallest absolute Gasteiger partial charge is 0.302 e. The van der Waals surface area contributed by atoms with Crippen LogP contribution in [0.5, 0.6) is 11.5 Å². The Morgan fingerprint density at radius 1 is 0.829 bits per heavy atom. The van der Waals surface area contributed by atoms with Crippen LogP contribution in [0.2, 0.25) is 0 Å². The minimum Gasteiger partial charge on any atom is -0.493 e. The number of imide groups is 1. The Morgan fingerprint density at radius 2 is 1.40 bits per heavy atom. The Kier molecular flexibility index (Phi) is 6.59. The molecule has 1 aliphatic heterocycles. The quantitative estimate of drug-likeness (QED) is 0.298. The molecule has 0 bridgehead atoms. The van der Waals surface area contributed by atoms with Crippen LogP contribution in [0.3, 0.4) is 0 Å². The van der Waals surface area contributed by atoms with Crippen LogP contribution in [0.4, 0.5) is 0 Å². The molecule has 2 amide bonds. The monoisotopic (exact) mass is 475 g/mol. The van der Waals surface area contributed by atoms with E-state index in [0.717, 1.165) is 21.8 Å². The lowest BCUT2D eigenvalue weighted by atomic mass is 9.95. The van der Waals surface area contributed by atoms with E-state index in [1.807, 2.05) is 24.3 Å². The molecule has 4 aromatic rings. The minimum atomic E-state index is -0.425. The Bertz CT molecular complexity index is 1480. The maximum atomic E-state index is 12.8. The summed E-state index contributed by atoms with van der Waals surface area (Å²) in [5, 5.41) is 4.08. The molecule has 3 heterocycles. The lowest BCUT2D eigenvalue weighted by molar-refractivity contribution is -0.140. The van der Waals surface area contributed by atoms with Gasteiger partial charge in [-0.25, -0.2) is 0 Å². The molecule has 0 saturated heterocycles. The molecule has 2 aromatic heterocycles. The fourth-order valence-corrected chi connectivity index (χ4v) is 4.11. The molecule has 1 aliphatic rings. The standard InChI is InChI=1S/C22H17N3O4.C4H8O2/c1-28-17-7-12-14(10-24-16(12)8-18(17)29-2)20-19(21(26)25-22(20)27)13-9-23-15-6-4-3-5-11(13)15;1-3-6-4(2)5/h3-10,23-24H,1-2H3,(H,25,26,27);3H2,1-2H3. The predicted octanol–water partition coefficient (Wildman–Crippen LogP) is 3.80. The topological polar surface area (TPSA) is 123 Å². The van der Waals surface area contributed by atoms with Gasteiger partial charge >= 0.3 is 5.97 Å². The van der Waals surface area contributed by atoms with Crippen LogP contribution >= 0.6 is 0 Å². The molecule has 9 nitrogen and oxygen atoms in total. The van der Waals surface area contributed by atoms with Crippen LogP contribution < -0.4 is 14.8 Å². The number of benzene rings is 2. The Hall–Kier alpha value is -4.53. The van der Waals surface area contributed by atoms with E-state index in [-0.39, 0.29) is 5.97 Å². The number of methoxy groups -OCH3 is 2. The molecular weight excluding hydrogens is 450 g/mol. The Morgan fingerprint density at radius 3 is 1.97 bits per heavy atom. The number of hydrogen-bond acceptors (Lipinski definition) is 6. The van der Waals surface area contributed by atoms with Crippen molar-refractivity contribution < 1.29 is 28.6 Å². The van der Waals surface area contributed by atoms with Gasteiger partial charge in [-0.3, -0.25) is 19.7 Å². The normalized spacial score (nSPS) is 13.0. The molecule has 0 atom stereocenters. The Labute approximate surface area is 201 Å². The van der Waals surface area contributed by atoms with E-state index in [9.17, 15) is 14.4 Å². The highest BCUT2D eigenvalue weighted by Gasteiger charge is 2.34. The van der Waals surface area contributed by atoms with Gasteiger partial charge in [0.1, 0.15) is 0 Å². The second-order valence-electron chi connectivity index (χ2n) is 7.66. The van der Waals surface area contributed by atoms with E-state index in [1.165, 1.54) is 6.92 Å².